The van der Waals surface area contributed by atoms with Crippen LogP contribution in [0.25, 0.3) is 0 Å². The molecule has 5 heteroatoms. The molecule has 1 atom stereocenters. The Hall–Kier alpha value is -1.88. The number of piperazine rings is 1. The Morgan fingerprint density at radius 1 is 1.04 bits per heavy atom. The van der Waals surface area contributed by atoms with E-state index in [2.05, 4.69) is 10.2 Å². The summed E-state index contributed by atoms with van der Waals surface area (Å²) in [5, 5.41) is 3.16. The zero-order valence-electron chi connectivity index (χ0n) is 16.7. The molecule has 27 heavy (non-hydrogen) atoms. The lowest BCUT2D eigenvalue weighted by Gasteiger charge is -2.41. The lowest BCUT2D eigenvalue weighted by Crippen LogP contribution is -2.58. The van der Waals surface area contributed by atoms with Gasteiger partial charge in [0.1, 0.15) is 0 Å². The normalized spacial score (nSPS) is 20.0. The van der Waals surface area contributed by atoms with E-state index in [1.54, 1.807) is 0 Å². The van der Waals surface area contributed by atoms with E-state index in [0.29, 0.717) is 12.5 Å². The van der Waals surface area contributed by atoms with Crippen LogP contribution in [-0.2, 0) is 16.1 Å². The lowest BCUT2D eigenvalue weighted by atomic mass is 9.94. The average Bonchev–Trinajstić information content (AvgIpc) is 3.21. The van der Waals surface area contributed by atoms with Crippen LogP contribution in [-0.4, -0.2) is 53.8 Å². The maximum Gasteiger partial charge on any atom is 0.237 e. The second-order valence-electron chi connectivity index (χ2n) is 8.21. The first-order valence-corrected chi connectivity index (χ1v) is 10.4. The summed E-state index contributed by atoms with van der Waals surface area (Å²) >= 11 is 0. The monoisotopic (exact) mass is 371 g/mol. The number of nitrogens with one attached hydrogen (secondary N) is 1. The fourth-order valence-corrected chi connectivity index (χ4v) is 4.43. The first kappa shape index (κ1) is 19.9. The molecule has 0 spiro atoms. The molecule has 0 radical (unpaired) electrons. The van der Waals surface area contributed by atoms with Gasteiger partial charge in [0.25, 0.3) is 0 Å². The molecule has 2 amide bonds. The van der Waals surface area contributed by atoms with Crippen molar-refractivity contribution in [2.45, 2.75) is 52.1 Å². The van der Waals surface area contributed by atoms with Crippen molar-refractivity contribution in [3.05, 3.63) is 35.9 Å². The lowest BCUT2D eigenvalue weighted by molar-refractivity contribution is -0.138. The highest BCUT2D eigenvalue weighted by atomic mass is 16.2. The second kappa shape index (κ2) is 9.36. The Morgan fingerprint density at radius 3 is 2.26 bits per heavy atom. The molecule has 2 aliphatic rings. The van der Waals surface area contributed by atoms with Crippen molar-refractivity contribution in [2.24, 2.45) is 11.8 Å². The van der Waals surface area contributed by atoms with E-state index in [1.165, 1.54) is 12.8 Å². The van der Waals surface area contributed by atoms with E-state index >= 15 is 0 Å². The van der Waals surface area contributed by atoms with Crippen LogP contribution in [0.2, 0.25) is 0 Å². The fraction of sp³-hybridized carbons (Fsp3) is 0.636. The highest BCUT2D eigenvalue weighted by Crippen LogP contribution is 2.31. The summed E-state index contributed by atoms with van der Waals surface area (Å²) in [6.45, 7) is 7.52. The maximum atomic E-state index is 13.1. The zero-order valence-corrected chi connectivity index (χ0v) is 16.7. The zero-order chi connectivity index (χ0) is 19.2. The third-order valence-electron chi connectivity index (χ3n) is 5.94. The molecule has 1 aromatic rings. The average molecular weight is 372 g/mol. The smallest absolute Gasteiger partial charge is 0.237 e. The van der Waals surface area contributed by atoms with Crippen molar-refractivity contribution in [3.63, 3.8) is 0 Å². The van der Waals surface area contributed by atoms with Crippen molar-refractivity contribution >= 4 is 11.8 Å². The minimum absolute atomic E-state index is 0.0383. The quantitative estimate of drug-likeness (QED) is 0.836. The Balaban J connectivity index is 1.61. The molecule has 148 valence electrons. The molecule has 1 heterocycles. The first-order chi connectivity index (χ1) is 13.1. The molecule has 5 nitrogen and oxygen atoms in total. The number of rotatable bonds is 6. The van der Waals surface area contributed by atoms with Crippen LogP contribution in [0.5, 0.6) is 0 Å². The van der Waals surface area contributed by atoms with E-state index in [-0.39, 0.29) is 23.8 Å². The molecule has 1 aromatic carbocycles. The van der Waals surface area contributed by atoms with Gasteiger partial charge in [0.2, 0.25) is 11.8 Å². The van der Waals surface area contributed by atoms with Gasteiger partial charge < -0.3 is 10.2 Å². The number of hydrogen-bond acceptors (Lipinski definition) is 3. The van der Waals surface area contributed by atoms with Gasteiger partial charge in [-0.25, -0.2) is 0 Å². The molecular weight excluding hydrogens is 338 g/mol. The molecular formula is C22H33N3O2. The van der Waals surface area contributed by atoms with Crippen molar-refractivity contribution in [1.29, 1.82) is 0 Å². The second-order valence-corrected chi connectivity index (χ2v) is 8.21. The molecule has 1 aliphatic carbocycles. The number of hydrogen-bond donors (Lipinski definition) is 1. The van der Waals surface area contributed by atoms with Crippen LogP contribution < -0.4 is 5.32 Å². The Labute approximate surface area is 163 Å². The van der Waals surface area contributed by atoms with Gasteiger partial charge in [0.15, 0.2) is 0 Å². The molecule has 3 rings (SSSR count). The van der Waals surface area contributed by atoms with Gasteiger partial charge in [-0.15, -0.1) is 0 Å². The third-order valence-corrected chi connectivity index (χ3v) is 5.94. The van der Waals surface area contributed by atoms with Crippen LogP contribution in [0.1, 0.15) is 45.1 Å². The highest BCUT2D eigenvalue weighted by molar-refractivity contribution is 5.82. The van der Waals surface area contributed by atoms with Gasteiger partial charge in [0, 0.05) is 38.6 Å². The fourth-order valence-electron chi connectivity index (χ4n) is 4.43. The third kappa shape index (κ3) is 5.10. The maximum absolute atomic E-state index is 13.1. The van der Waals surface area contributed by atoms with E-state index in [4.69, 9.17) is 0 Å². The van der Waals surface area contributed by atoms with Crippen molar-refractivity contribution < 1.29 is 9.59 Å². The van der Waals surface area contributed by atoms with Gasteiger partial charge in [-0.3, -0.25) is 14.5 Å². The molecule has 1 aliphatic heterocycles. The van der Waals surface area contributed by atoms with E-state index in [9.17, 15) is 9.59 Å². The molecule has 1 saturated heterocycles. The Bertz CT molecular complexity index is 618. The van der Waals surface area contributed by atoms with Crippen molar-refractivity contribution in [3.8, 4) is 0 Å². The van der Waals surface area contributed by atoms with Crippen LogP contribution >= 0.6 is 0 Å². The summed E-state index contributed by atoms with van der Waals surface area (Å²) < 4.78 is 0. The molecule has 1 N–H and O–H groups in total. The number of carbonyl (C=O) groups excluding carboxylic acids is 2. The molecule has 0 bridgehead atoms. The summed E-state index contributed by atoms with van der Waals surface area (Å²) in [7, 11) is 0. The molecule has 2 fully saturated rings. The molecule has 1 saturated carbocycles. The van der Waals surface area contributed by atoms with Gasteiger partial charge in [0.05, 0.1) is 6.04 Å². The van der Waals surface area contributed by atoms with Gasteiger partial charge in [-0.2, -0.15) is 0 Å². The Morgan fingerprint density at radius 2 is 1.67 bits per heavy atom. The van der Waals surface area contributed by atoms with Crippen molar-refractivity contribution in [2.75, 3.05) is 26.2 Å². The summed E-state index contributed by atoms with van der Waals surface area (Å²) in [5.74, 6) is 0.847. The summed E-state index contributed by atoms with van der Waals surface area (Å²) in [6.07, 6.45) is 4.71. The van der Waals surface area contributed by atoms with E-state index in [1.807, 2.05) is 49.1 Å². The Kier molecular flexibility index (Phi) is 6.89. The standard InChI is InChI=1S/C22H33N3O2/c1-17(2)22(27)25-14-12-24(13-15-25)20(19-10-6-7-11-19)21(26)23-16-18-8-4-3-5-9-18/h3-5,8-9,17,19-20H,6-7,10-16H2,1-2H3,(H,23,26). The minimum atomic E-state index is -0.0625. The SMILES string of the molecule is CC(C)C(=O)N1CCN(C(C(=O)NCc2ccccc2)C2CCCC2)CC1. The highest BCUT2D eigenvalue weighted by Gasteiger charge is 2.37. The number of benzene rings is 1. The summed E-state index contributed by atoms with van der Waals surface area (Å²) in [4.78, 5) is 29.6. The summed E-state index contributed by atoms with van der Waals surface area (Å²) in [5.41, 5.74) is 1.13. The van der Waals surface area contributed by atoms with E-state index < -0.39 is 0 Å². The predicted octanol–water partition coefficient (Wildman–Crippen LogP) is 2.66. The molecule has 0 aromatic heterocycles. The van der Waals surface area contributed by atoms with E-state index in [0.717, 1.165) is 44.6 Å². The van der Waals surface area contributed by atoms with Crippen LogP contribution in [0.4, 0.5) is 0 Å². The largest absolute Gasteiger partial charge is 0.351 e. The first-order valence-electron chi connectivity index (χ1n) is 10.4. The van der Waals surface area contributed by atoms with Gasteiger partial charge >= 0.3 is 0 Å². The van der Waals surface area contributed by atoms with Gasteiger partial charge in [-0.05, 0) is 24.3 Å². The van der Waals surface area contributed by atoms with Crippen LogP contribution in [0.3, 0.4) is 0 Å². The predicted molar refractivity (Wildman–Crippen MR) is 107 cm³/mol. The van der Waals surface area contributed by atoms with Crippen molar-refractivity contribution in [1.82, 2.24) is 15.1 Å². The number of nitrogens with zero attached hydrogens (tertiary/aromatic N) is 2. The number of amides is 2. The number of carbonyl (C=O) groups is 2. The van der Waals surface area contributed by atoms with Crippen LogP contribution in [0.15, 0.2) is 30.3 Å². The molecule has 1 unspecified atom stereocenters. The summed E-state index contributed by atoms with van der Waals surface area (Å²) in [6, 6.07) is 10.0. The van der Waals surface area contributed by atoms with Crippen LogP contribution in [0, 0.1) is 11.8 Å². The van der Waals surface area contributed by atoms with Gasteiger partial charge in [-0.1, -0.05) is 57.0 Å². The minimum Gasteiger partial charge on any atom is -0.351 e. The topological polar surface area (TPSA) is 52.7 Å².